The average Bonchev–Trinajstić information content (AvgIpc) is 3.29. The molecule has 1 aliphatic rings. The van der Waals surface area contributed by atoms with Crippen molar-refractivity contribution in [3.63, 3.8) is 0 Å². The number of hydrogen-bond donors (Lipinski definition) is 2. The number of carbonyl (C=O) groups is 1. The lowest BCUT2D eigenvalue weighted by molar-refractivity contribution is -0.496. The summed E-state index contributed by atoms with van der Waals surface area (Å²) in [5.74, 6) is 0.203. The Hall–Kier alpha value is -2.63. The molecular weight excluding hydrogens is 512 g/mol. The highest BCUT2D eigenvalue weighted by atomic mass is 32.2. The van der Waals surface area contributed by atoms with Gasteiger partial charge in [-0.25, -0.2) is 13.1 Å². The molecule has 37 heavy (non-hydrogen) atoms. The summed E-state index contributed by atoms with van der Waals surface area (Å²) >= 11 is 1.69. The second-order valence-corrected chi connectivity index (χ2v) is 12.8. The Balaban J connectivity index is 1.82. The minimum absolute atomic E-state index is 0.0115. The van der Waals surface area contributed by atoms with Gasteiger partial charge >= 0.3 is 0 Å². The molecule has 2 aromatic rings. The highest BCUT2D eigenvalue weighted by molar-refractivity contribution is 7.99. The zero-order valence-electron chi connectivity index (χ0n) is 21.6. The SMILES string of the molecule is CN(C)CC[C@H](CSc1ccccc1)Nc1ccc(S(=O)(=O)NC(=O)C2(C)CCCC2)cc1C[N+](=O)[O-]. The summed E-state index contributed by atoms with van der Waals surface area (Å²) in [6, 6.07) is 14.2. The molecule has 1 atom stereocenters. The van der Waals surface area contributed by atoms with Crippen molar-refractivity contribution in [2.45, 2.75) is 61.4 Å². The van der Waals surface area contributed by atoms with Crippen LogP contribution in [0.3, 0.4) is 0 Å². The zero-order valence-corrected chi connectivity index (χ0v) is 23.2. The molecule has 1 aliphatic carbocycles. The van der Waals surface area contributed by atoms with Crippen molar-refractivity contribution in [3.8, 4) is 0 Å². The summed E-state index contributed by atoms with van der Waals surface area (Å²) in [5.41, 5.74) is 0.0584. The van der Waals surface area contributed by atoms with E-state index in [1.165, 1.54) is 12.1 Å². The van der Waals surface area contributed by atoms with Crippen LogP contribution in [0.25, 0.3) is 0 Å². The van der Waals surface area contributed by atoms with Crippen LogP contribution in [0.2, 0.25) is 0 Å². The van der Waals surface area contributed by atoms with E-state index in [2.05, 4.69) is 14.9 Å². The Bertz CT molecular complexity index is 1180. The smallest absolute Gasteiger partial charge is 0.264 e. The molecule has 0 unspecified atom stereocenters. The van der Waals surface area contributed by atoms with Crippen molar-refractivity contribution in [2.24, 2.45) is 5.41 Å². The standard InChI is InChI=1S/C26H36N4O5S2/c1-26(14-7-8-15-26)25(31)28-37(34,35)23-11-12-24(20(17-23)18-30(32)33)27-21(13-16-29(2)3)19-36-22-9-5-4-6-10-22/h4-6,9-12,17,21,27H,7-8,13-16,18-19H2,1-3H3,(H,28,31)/t21-/m1/s1. The van der Waals surface area contributed by atoms with Crippen LogP contribution in [0, 0.1) is 15.5 Å². The topological polar surface area (TPSA) is 122 Å². The van der Waals surface area contributed by atoms with Gasteiger partial charge in [0.2, 0.25) is 12.5 Å². The number of hydrogen-bond acceptors (Lipinski definition) is 8. The fourth-order valence-corrected chi connectivity index (χ4v) is 6.53. The monoisotopic (exact) mass is 548 g/mol. The van der Waals surface area contributed by atoms with Crippen LogP contribution in [0.1, 0.15) is 44.6 Å². The van der Waals surface area contributed by atoms with Crippen LogP contribution in [0.15, 0.2) is 58.3 Å². The van der Waals surface area contributed by atoms with Crippen molar-refractivity contribution in [3.05, 3.63) is 64.2 Å². The summed E-state index contributed by atoms with van der Waals surface area (Å²) < 4.78 is 28.2. The third kappa shape index (κ3) is 8.44. The van der Waals surface area contributed by atoms with Crippen molar-refractivity contribution in [1.82, 2.24) is 9.62 Å². The number of benzene rings is 2. The van der Waals surface area contributed by atoms with E-state index >= 15 is 0 Å². The number of thioether (sulfide) groups is 1. The number of rotatable bonds is 13. The van der Waals surface area contributed by atoms with Crippen molar-refractivity contribution < 1.29 is 18.1 Å². The van der Waals surface area contributed by atoms with Gasteiger partial charge in [-0.15, -0.1) is 11.8 Å². The van der Waals surface area contributed by atoms with E-state index in [0.717, 1.165) is 36.5 Å². The fourth-order valence-electron chi connectivity index (χ4n) is 4.38. The molecule has 1 fully saturated rings. The fraction of sp³-hybridized carbons (Fsp3) is 0.500. The van der Waals surface area contributed by atoms with Gasteiger partial charge in [0.25, 0.3) is 10.0 Å². The lowest BCUT2D eigenvalue weighted by atomic mass is 9.88. The second-order valence-electron chi connectivity index (χ2n) is 10.1. The van der Waals surface area contributed by atoms with Gasteiger partial charge < -0.3 is 10.2 Å². The Morgan fingerprint density at radius 1 is 1.16 bits per heavy atom. The Morgan fingerprint density at radius 2 is 1.84 bits per heavy atom. The third-order valence-electron chi connectivity index (χ3n) is 6.65. The van der Waals surface area contributed by atoms with Crippen molar-refractivity contribution in [1.29, 1.82) is 0 Å². The van der Waals surface area contributed by atoms with Crippen LogP contribution in [-0.2, 0) is 21.4 Å². The first-order chi connectivity index (χ1) is 17.5. The largest absolute Gasteiger partial charge is 0.381 e. The van der Waals surface area contributed by atoms with E-state index in [1.807, 2.05) is 44.4 Å². The van der Waals surface area contributed by atoms with Gasteiger partial charge in [0, 0.05) is 38.3 Å². The third-order valence-corrected chi connectivity index (χ3v) is 9.15. The number of amides is 1. The molecule has 11 heteroatoms. The van der Waals surface area contributed by atoms with Crippen LogP contribution >= 0.6 is 11.8 Å². The van der Waals surface area contributed by atoms with Gasteiger partial charge in [-0.1, -0.05) is 38.0 Å². The van der Waals surface area contributed by atoms with E-state index in [9.17, 15) is 23.3 Å². The second kappa shape index (κ2) is 12.7. The van der Waals surface area contributed by atoms with Crippen molar-refractivity contribution >= 4 is 33.4 Å². The zero-order chi connectivity index (χ0) is 27.1. The molecule has 0 saturated heterocycles. The Morgan fingerprint density at radius 3 is 2.46 bits per heavy atom. The van der Waals surface area contributed by atoms with Crippen molar-refractivity contribution in [2.75, 3.05) is 31.7 Å². The summed E-state index contributed by atoms with van der Waals surface area (Å²) in [6.07, 6.45) is 3.83. The molecular formula is C26H36N4O5S2. The minimum atomic E-state index is -4.17. The minimum Gasteiger partial charge on any atom is -0.381 e. The summed E-state index contributed by atoms with van der Waals surface area (Å²) in [6.45, 7) is 2.05. The van der Waals surface area contributed by atoms with Gasteiger partial charge in [0.05, 0.1) is 4.90 Å². The molecule has 0 heterocycles. The number of carbonyl (C=O) groups excluding carboxylic acids is 1. The maximum atomic E-state index is 13.0. The van der Waals surface area contributed by atoms with Gasteiger partial charge in [-0.2, -0.15) is 0 Å². The maximum Gasteiger partial charge on any atom is 0.264 e. The first-order valence-corrected chi connectivity index (χ1v) is 14.9. The Kier molecular flexibility index (Phi) is 9.97. The molecule has 0 aromatic heterocycles. The highest BCUT2D eigenvalue weighted by Crippen LogP contribution is 2.38. The van der Waals surface area contributed by atoms with E-state index in [1.54, 1.807) is 24.8 Å². The molecule has 0 aliphatic heterocycles. The molecule has 1 amide bonds. The van der Waals surface area contributed by atoms with Crippen LogP contribution in [-0.4, -0.2) is 56.6 Å². The highest BCUT2D eigenvalue weighted by Gasteiger charge is 2.38. The molecule has 2 aromatic carbocycles. The molecule has 0 bridgehead atoms. The number of nitrogens with one attached hydrogen (secondary N) is 2. The predicted molar refractivity (Wildman–Crippen MR) is 147 cm³/mol. The van der Waals surface area contributed by atoms with E-state index in [4.69, 9.17) is 0 Å². The van der Waals surface area contributed by atoms with E-state index < -0.39 is 32.8 Å². The maximum absolute atomic E-state index is 13.0. The van der Waals surface area contributed by atoms with Gasteiger partial charge in [0.1, 0.15) is 0 Å². The number of sulfonamides is 1. The molecule has 9 nitrogen and oxygen atoms in total. The molecule has 0 spiro atoms. The normalized spacial score (nSPS) is 15.9. The first-order valence-electron chi connectivity index (χ1n) is 12.4. The first kappa shape index (κ1) is 28.9. The summed E-state index contributed by atoms with van der Waals surface area (Å²) in [5, 5.41) is 14.8. The van der Waals surface area contributed by atoms with Crippen LogP contribution < -0.4 is 10.0 Å². The quantitative estimate of drug-likeness (QED) is 0.215. The predicted octanol–water partition coefficient (Wildman–Crippen LogP) is 4.37. The lowest BCUT2D eigenvalue weighted by Crippen LogP contribution is -2.40. The van der Waals surface area contributed by atoms with E-state index in [-0.39, 0.29) is 16.5 Å². The number of anilines is 1. The summed E-state index contributed by atoms with van der Waals surface area (Å²) in [4.78, 5) is 26.7. The molecule has 1 saturated carbocycles. The lowest BCUT2D eigenvalue weighted by Gasteiger charge is -2.24. The van der Waals surface area contributed by atoms with Gasteiger partial charge in [0.15, 0.2) is 0 Å². The molecule has 0 radical (unpaired) electrons. The van der Waals surface area contributed by atoms with Gasteiger partial charge in [-0.3, -0.25) is 14.9 Å². The average molecular weight is 549 g/mol. The van der Waals surface area contributed by atoms with Crippen LogP contribution in [0.5, 0.6) is 0 Å². The molecule has 202 valence electrons. The number of nitro groups is 1. The summed E-state index contributed by atoms with van der Waals surface area (Å²) in [7, 11) is -0.196. The Labute approximate surface area is 223 Å². The van der Waals surface area contributed by atoms with Crippen LogP contribution in [0.4, 0.5) is 5.69 Å². The molecule has 2 N–H and O–H groups in total. The molecule has 3 rings (SSSR count). The van der Waals surface area contributed by atoms with E-state index in [0.29, 0.717) is 18.5 Å². The number of nitrogens with zero attached hydrogens (tertiary/aromatic N) is 2. The van der Waals surface area contributed by atoms with Gasteiger partial charge in [-0.05, 0) is 70.2 Å².